The molecule has 1 saturated heterocycles. The minimum Gasteiger partial charge on any atom is -0.378 e. The van der Waals surface area contributed by atoms with Crippen LogP contribution in [0.15, 0.2) is 35.8 Å². The van der Waals surface area contributed by atoms with Crippen molar-refractivity contribution in [1.82, 2.24) is 19.6 Å². The van der Waals surface area contributed by atoms with Crippen LogP contribution in [0.3, 0.4) is 0 Å². The molecule has 5 rings (SSSR count). The molecule has 7 heteroatoms. The smallest absolute Gasteiger partial charge is 0.220 e. The summed E-state index contributed by atoms with van der Waals surface area (Å²) in [5.41, 5.74) is 4.92. The Bertz CT molecular complexity index is 1100. The van der Waals surface area contributed by atoms with E-state index >= 15 is 0 Å². The molecule has 1 aliphatic carbocycles. The van der Waals surface area contributed by atoms with Crippen molar-refractivity contribution in [3.8, 4) is 0 Å². The van der Waals surface area contributed by atoms with Gasteiger partial charge < -0.3 is 10.1 Å². The largest absolute Gasteiger partial charge is 0.378 e. The zero-order valence-electron chi connectivity index (χ0n) is 18.4. The molecule has 2 aromatic heterocycles. The summed E-state index contributed by atoms with van der Waals surface area (Å²) >= 11 is 1.68. The van der Waals surface area contributed by atoms with E-state index in [2.05, 4.69) is 57.4 Å². The molecule has 0 radical (unpaired) electrons. The minimum absolute atomic E-state index is 0.0390. The van der Waals surface area contributed by atoms with Crippen molar-refractivity contribution in [3.05, 3.63) is 58.4 Å². The highest BCUT2D eigenvalue weighted by Gasteiger charge is 2.53. The molecule has 3 heterocycles. The van der Waals surface area contributed by atoms with Gasteiger partial charge in [-0.2, -0.15) is 0 Å². The number of carbonyl (C=O) groups is 1. The van der Waals surface area contributed by atoms with Gasteiger partial charge >= 0.3 is 0 Å². The second kappa shape index (κ2) is 8.04. The number of methoxy groups -OCH3 is 1. The molecule has 2 atom stereocenters. The lowest BCUT2D eigenvalue weighted by Crippen LogP contribution is -2.50. The second-order valence-corrected chi connectivity index (χ2v) is 9.65. The number of hydrogen-bond acceptors (Lipinski definition) is 5. The van der Waals surface area contributed by atoms with Crippen LogP contribution < -0.4 is 5.32 Å². The van der Waals surface area contributed by atoms with Crippen LogP contribution in [-0.4, -0.2) is 46.5 Å². The number of likely N-dealkylation sites (tertiary alicyclic amines) is 1. The number of aromatic nitrogens is 2. The molecule has 1 spiro atoms. The van der Waals surface area contributed by atoms with Crippen LogP contribution in [0.2, 0.25) is 0 Å². The van der Waals surface area contributed by atoms with Crippen LogP contribution in [0.5, 0.6) is 0 Å². The Morgan fingerprint density at radius 2 is 2.10 bits per heavy atom. The van der Waals surface area contributed by atoms with Crippen molar-refractivity contribution in [2.24, 2.45) is 0 Å². The van der Waals surface area contributed by atoms with E-state index in [1.54, 1.807) is 18.4 Å². The van der Waals surface area contributed by atoms with Gasteiger partial charge in [-0.15, -0.1) is 11.3 Å². The van der Waals surface area contributed by atoms with E-state index < -0.39 is 0 Å². The lowest BCUT2D eigenvalue weighted by Gasteiger charge is -2.44. The molecule has 1 amide bonds. The average molecular weight is 439 g/mol. The number of nitrogens with zero attached hydrogens (tertiary/aromatic N) is 3. The maximum absolute atomic E-state index is 12.3. The number of nitrogens with one attached hydrogen (secondary N) is 1. The van der Waals surface area contributed by atoms with Gasteiger partial charge in [-0.05, 0) is 44.0 Å². The summed E-state index contributed by atoms with van der Waals surface area (Å²) in [6, 6.07) is 8.51. The van der Waals surface area contributed by atoms with Crippen molar-refractivity contribution in [3.63, 3.8) is 0 Å². The number of imidazole rings is 1. The third-order valence-corrected chi connectivity index (χ3v) is 8.01. The molecule has 3 aromatic rings. The van der Waals surface area contributed by atoms with Crippen LogP contribution in [0.1, 0.15) is 54.7 Å². The lowest BCUT2D eigenvalue weighted by atomic mass is 9.72. The predicted octanol–water partition coefficient (Wildman–Crippen LogP) is 3.83. The van der Waals surface area contributed by atoms with Crippen molar-refractivity contribution >= 4 is 22.2 Å². The fourth-order valence-electron chi connectivity index (χ4n) is 5.65. The molecule has 2 aliphatic rings. The summed E-state index contributed by atoms with van der Waals surface area (Å²) in [5.74, 6) is 0.0762. The van der Waals surface area contributed by atoms with E-state index in [0.29, 0.717) is 6.42 Å². The first-order valence-corrected chi connectivity index (χ1v) is 12.0. The van der Waals surface area contributed by atoms with Gasteiger partial charge in [0.05, 0.1) is 23.5 Å². The van der Waals surface area contributed by atoms with Gasteiger partial charge in [0.1, 0.15) is 0 Å². The van der Waals surface area contributed by atoms with Gasteiger partial charge in [-0.3, -0.25) is 14.1 Å². The molecule has 1 fully saturated rings. The number of ether oxygens (including phenoxy) is 1. The van der Waals surface area contributed by atoms with E-state index in [0.717, 1.165) is 43.1 Å². The number of benzene rings is 1. The summed E-state index contributed by atoms with van der Waals surface area (Å²) in [7, 11) is 1.79. The number of thiazole rings is 1. The van der Waals surface area contributed by atoms with Crippen LogP contribution >= 0.6 is 11.3 Å². The number of piperidine rings is 1. The molecule has 1 N–H and O–H groups in total. The first-order valence-electron chi connectivity index (χ1n) is 11.1. The highest BCUT2D eigenvalue weighted by Crippen LogP contribution is 2.52. The fourth-order valence-corrected chi connectivity index (χ4v) is 6.43. The number of hydrogen-bond donors (Lipinski definition) is 1. The van der Waals surface area contributed by atoms with Crippen LogP contribution in [0, 0.1) is 6.92 Å². The lowest BCUT2D eigenvalue weighted by molar-refractivity contribution is -0.123. The van der Waals surface area contributed by atoms with Crippen molar-refractivity contribution in [2.75, 3.05) is 20.2 Å². The highest BCUT2D eigenvalue weighted by molar-refractivity contribution is 7.15. The Hall–Kier alpha value is -2.22. The molecule has 0 saturated carbocycles. The fraction of sp³-hybridized carbons (Fsp3) is 0.500. The maximum Gasteiger partial charge on any atom is 0.220 e. The third kappa shape index (κ3) is 3.30. The summed E-state index contributed by atoms with van der Waals surface area (Å²) in [6.45, 7) is 6.92. The Balaban J connectivity index is 1.40. The van der Waals surface area contributed by atoms with Gasteiger partial charge in [0.25, 0.3) is 0 Å². The molecule has 6 nitrogen and oxygen atoms in total. The SMILES string of the molecule is CCC(=O)N[C@@H]1c2ccccc2C2(CCN(Cc3c(C)nc4sccn34)CC2)[C@H]1OC. The van der Waals surface area contributed by atoms with E-state index in [4.69, 9.17) is 9.72 Å². The quantitative estimate of drug-likeness (QED) is 0.658. The number of aryl methyl sites for hydroxylation is 1. The topological polar surface area (TPSA) is 58.9 Å². The first kappa shape index (κ1) is 20.7. The van der Waals surface area contributed by atoms with Gasteiger partial charge in [-0.25, -0.2) is 4.98 Å². The average Bonchev–Trinajstić information content (AvgIpc) is 3.43. The number of fused-ring (bicyclic) bond motifs is 3. The van der Waals surface area contributed by atoms with Gasteiger partial charge in [0.2, 0.25) is 5.91 Å². The van der Waals surface area contributed by atoms with E-state index in [1.165, 1.54) is 16.8 Å². The second-order valence-electron chi connectivity index (χ2n) is 8.77. The van der Waals surface area contributed by atoms with Crippen molar-refractivity contribution in [2.45, 2.75) is 57.2 Å². The predicted molar refractivity (Wildman–Crippen MR) is 122 cm³/mol. The van der Waals surface area contributed by atoms with Crippen LogP contribution in [0.4, 0.5) is 0 Å². The molecule has 31 heavy (non-hydrogen) atoms. The normalized spacial score (nSPS) is 22.8. The summed E-state index contributed by atoms with van der Waals surface area (Å²) in [4.78, 5) is 20.6. The molecular formula is C24H30N4O2S. The van der Waals surface area contributed by atoms with E-state index in [1.807, 2.05) is 6.92 Å². The molecule has 1 aliphatic heterocycles. The Morgan fingerprint density at radius 1 is 1.32 bits per heavy atom. The van der Waals surface area contributed by atoms with E-state index in [9.17, 15) is 4.79 Å². The zero-order valence-corrected chi connectivity index (χ0v) is 19.2. The molecule has 0 bridgehead atoms. The monoisotopic (exact) mass is 438 g/mol. The summed E-state index contributed by atoms with van der Waals surface area (Å²) in [5, 5.41) is 5.34. The standard InChI is InChI=1S/C24H30N4O2S/c1-4-20(29)26-21-17-7-5-6-8-18(17)24(22(21)30-3)9-11-27(12-10-24)15-19-16(2)25-23-28(19)13-14-31-23/h5-8,13-14,21-22H,4,9-12,15H2,1-3H3,(H,26,29)/t21-,22+/m1/s1. The third-order valence-electron chi connectivity index (χ3n) is 7.25. The number of amides is 1. The van der Waals surface area contributed by atoms with Crippen LogP contribution in [-0.2, 0) is 21.5 Å². The Labute approximate surface area is 187 Å². The molecule has 0 unspecified atom stereocenters. The molecular weight excluding hydrogens is 408 g/mol. The first-order chi connectivity index (χ1) is 15.1. The Morgan fingerprint density at radius 3 is 2.84 bits per heavy atom. The van der Waals surface area contributed by atoms with Crippen molar-refractivity contribution in [1.29, 1.82) is 0 Å². The highest BCUT2D eigenvalue weighted by atomic mass is 32.1. The van der Waals surface area contributed by atoms with Gasteiger partial charge in [0, 0.05) is 37.1 Å². The Kier molecular flexibility index (Phi) is 5.36. The minimum atomic E-state index is -0.0808. The number of carbonyl (C=O) groups excluding carboxylic acids is 1. The summed E-state index contributed by atoms with van der Waals surface area (Å²) < 4.78 is 8.33. The zero-order chi connectivity index (χ0) is 21.6. The van der Waals surface area contributed by atoms with Crippen LogP contribution in [0.25, 0.3) is 4.96 Å². The molecule has 1 aromatic carbocycles. The van der Waals surface area contributed by atoms with E-state index in [-0.39, 0.29) is 23.5 Å². The van der Waals surface area contributed by atoms with Gasteiger partial charge in [0.15, 0.2) is 4.96 Å². The van der Waals surface area contributed by atoms with Crippen molar-refractivity contribution < 1.29 is 9.53 Å². The number of rotatable bonds is 5. The summed E-state index contributed by atoms with van der Waals surface area (Å²) in [6.07, 6.45) is 4.60. The maximum atomic E-state index is 12.3. The van der Waals surface area contributed by atoms with Gasteiger partial charge in [-0.1, -0.05) is 31.2 Å². The molecule has 164 valence electrons.